The molecule has 0 radical (unpaired) electrons. The molecule has 1 unspecified atom stereocenters. The second-order valence-electron chi connectivity index (χ2n) is 5.84. The summed E-state index contributed by atoms with van der Waals surface area (Å²) < 4.78 is 5.33. The number of rotatable bonds is 7. The smallest absolute Gasteiger partial charge is 0.226 e. The van der Waals surface area contributed by atoms with E-state index in [1.807, 2.05) is 24.3 Å². The van der Waals surface area contributed by atoms with Crippen molar-refractivity contribution in [3.05, 3.63) is 46.6 Å². The number of hydrogen-bond acceptors (Lipinski definition) is 4. The Hall–Kier alpha value is -1.39. The van der Waals surface area contributed by atoms with E-state index >= 15 is 0 Å². The van der Waals surface area contributed by atoms with Crippen LogP contribution in [0.5, 0.6) is 0 Å². The molecule has 1 heterocycles. The number of halogens is 1. The average Bonchev–Trinajstić information content (AvgIpc) is 2.87. The van der Waals surface area contributed by atoms with Crippen LogP contribution in [0, 0.1) is 11.8 Å². The van der Waals surface area contributed by atoms with Gasteiger partial charge in [0.1, 0.15) is 0 Å². The normalized spacial score (nSPS) is 12.8. The predicted molar refractivity (Wildman–Crippen MR) is 84.3 cm³/mol. The first kappa shape index (κ1) is 16.0. The van der Waals surface area contributed by atoms with Crippen molar-refractivity contribution in [3.63, 3.8) is 0 Å². The van der Waals surface area contributed by atoms with Gasteiger partial charge in [-0.25, -0.2) is 0 Å². The van der Waals surface area contributed by atoms with E-state index in [9.17, 15) is 0 Å². The molecule has 0 saturated carbocycles. The van der Waals surface area contributed by atoms with Crippen LogP contribution in [0.2, 0.25) is 5.02 Å². The summed E-state index contributed by atoms with van der Waals surface area (Å²) in [5.74, 6) is 2.39. The summed E-state index contributed by atoms with van der Waals surface area (Å²) in [6.07, 6.45) is 2.48. The second-order valence-corrected chi connectivity index (χ2v) is 6.28. The average molecular weight is 308 g/mol. The zero-order valence-electron chi connectivity index (χ0n) is 12.6. The fourth-order valence-corrected chi connectivity index (χ4v) is 2.53. The van der Waals surface area contributed by atoms with E-state index in [1.165, 1.54) is 0 Å². The fraction of sp³-hybridized carbons (Fsp3) is 0.500. The van der Waals surface area contributed by atoms with Gasteiger partial charge in [0, 0.05) is 17.9 Å². The standard InChI is InChI=1S/C16H22ClN3O/c1-11(2)7-13(10-18)9-16-19-15(20-21-16)8-12-3-5-14(17)6-4-12/h3-6,11,13H,7-10,18H2,1-2H3. The molecule has 2 N–H and O–H groups in total. The lowest BCUT2D eigenvalue weighted by Crippen LogP contribution is -2.19. The molecule has 2 rings (SSSR count). The molecular formula is C16H22ClN3O. The van der Waals surface area contributed by atoms with Crippen LogP contribution >= 0.6 is 11.6 Å². The highest BCUT2D eigenvalue weighted by molar-refractivity contribution is 6.30. The van der Waals surface area contributed by atoms with E-state index < -0.39 is 0 Å². The van der Waals surface area contributed by atoms with Gasteiger partial charge in [0.2, 0.25) is 5.89 Å². The first-order valence-corrected chi connectivity index (χ1v) is 7.70. The number of nitrogens with zero attached hydrogens (tertiary/aromatic N) is 2. The molecule has 0 aliphatic carbocycles. The van der Waals surface area contributed by atoms with Crippen molar-refractivity contribution in [2.45, 2.75) is 33.1 Å². The minimum absolute atomic E-state index is 0.397. The first-order valence-electron chi connectivity index (χ1n) is 7.32. The Morgan fingerprint density at radius 3 is 2.57 bits per heavy atom. The summed E-state index contributed by atoms with van der Waals surface area (Å²) in [6.45, 7) is 5.04. The number of benzene rings is 1. The molecule has 0 aliphatic heterocycles. The highest BCUT2D eigenvalue weighted by Crippen LogP contribution is 2.17. The van der Waals surface area contributed by atoms with Crippen molar-refractivity contribution in [1.29, 1.82) is 0 Å². The Balaban J connectivity index is 1.95. The van der Waals surface area contributed by atoms with Crippen LogP contribution in [-0.4, -0.2) is 16.7 Å². The topological polar surface area (TPSA) is 64.9 Å². The summed E-state index contributed by atoms with van der Waals surface area (Å²) in [4.78, 5) is 4.46. The van der Waals surface area contributed by atoms with Crippen molar-refractivity contribution < 1.29 is 4.52 Å². The van der Waals surface area contributed by atoms with Gasteiger partial charge in [0.15, 0.2) is 5.82 Å². The molecule has 0 amide bonds. The summed E-state index contributed by atoms with van der Waals surface area (Å²) in [5.41, 5.74) is 6.93. The second kappa shape index (κ2) is 7.57. The third kappa shape index (κ3) is 5.14. The molecule has 2 aromatic rings. The zero-order chi connectivity index (χ0) is 15.2. The van der Waals surface area contributed by atoms with Crippen molar-refractivity contribution in [3.8, 4) is 0 Å². The highest BCUT2D eigenvalue weighted by atomic mass is 35.5. The van der Waals surface area contributed by atoms with E-state index in [0.29, 0.717) is 36.5 Å². The maximum atomic E-state index is 5.87. The lowest BCUT2D eigenvalue weighted by molar-refractivity contribution is 0.329. The third-order valence-corrected chi connectivity index (χ3v) is 3.64. The number of aromatic nitrogens is 2. The Bertz CT molecular complexity index is 551. The molecule has 0 aliphatic rings. The van der Waals surface area contributed by atoms with Gasteiger partial charge in [0.05, 0.1) is 0 Å². The van der Waals surface area contributed by atoms with E-state index in [4.69, 9.17) is 21.9 Å². The molecule has 4 nitrogen and oxygen atoms in total. The minimum Gasteiger partial charge on any atom is -0.339 e. The highest BCUT2D eigenvalue weighted by Gasteiger charge is 2.15. The van der Waals surface area contributed by atoms with Gasteiger partial charge >= 0.3 is 0 Å². The molecule has 0 fully saturated rings. The lowest BCUT2D eigenvalue weighted by Gasteiger charge is -2.14. The van der Waals surface area contributed by atoms with Crippen LogP contribution in [-0.2, 0) is 12.8 Å². The molecule has 21 heavy (non-hydrogen) atoms. The Morgan fingerprint density at radius 1 is 1.24 bits per heavy atom. The van der Waals surface area contributed by atoms with Crippen LogP contribution < -0.4 is 5.73 Å². The van der Waals surface area contributed by atoms with Crippen LogP contribution in [0.25, 0.3) is 0 Å². The molecule has 1 atom stereocenters. The predicted octanol–water partition coefficient (Wildman–Crippen LogP) is 3.48. The summed E-state index contributed by atoms with van der Waals surface area (Å²) >= 11 is 5.87. The van der Waals surface area contributed by atoms with E-state index in [2.05, 4.69) is 24.0 Å². The van der Waals surface area contributed by atoms with Gasteiger partial charge in [-0.3, -0.25) is 0 Å². The Morgan fingerprint density at radius 2 is 1.95 bits per heavy atom. The lowest BCUT2D eigenvalue weighted by atomic mass is 9.94. The minimum atomic E-state index is 0.397. The first-order chi connectivity index (χ1) is 10.1. The fourth-order valence-electron chi connectivity index (χ4n) is 2.41. The number of hydrogen-bond donors (Lipinski definition) is 1. The molecule has 0 bridgehead atoms. The molecule has 1 aromatic carbocycles. The summed E-state index contributed by atoms with van der Waals surface area (Å²) in [5, 5.41) is 4.77. The molecule has 1 aromatic heterocycles. The summed E-state index contributed by atoms with van der Waals surface area (Å²) in [7, 11) is 0. The van der Waals surface area contributed by atoms with Gasteiger partial charge in [0.25, 0.3) is 0 Å². The van der Waals surface area contributed by atoms with Crippen LogP contribution in [0.4, 0.5) is 0 Å². The van der Waals surface area contributed by atoms with Gasteiger partial charge in [-0.1, -0.05) is 42.7 Å². The Kier molecular flexibility index (Phi) is 5.76. The maximum absolute atomic E-state index is 5.87. The van der Waals surface area contributed by atoms with E-state index in [-0.39, 0.29) is 0 Å². The van der Waals surface area contributed by atoms with Crippen molar-refractivity contribution in [2.24, 2.45) is 17.6 Å². The van der Waals surface area contributed by atoms with Crippen molar-refractivity contribution in [2.75, 3.05) is 6.54 Å². The quantitative estimate of drug-likeness (QED) is 0.850. The van der Waals surface area contributed by atoms with E-state index in [1.54, 1.807) is 0 Å². The SMILES string of the molecule is CC(C)CC(CN)Cc1nc(Cc2ccc(Cl)cc2)no1. The molecule has 0 saturated heterocycles. The molecule has 5 heteroatoms. The number of nitrogens with two attached hydrogens (primary N) is 1. The van der Waals surface area contributed by atoms with Gasteiger partial charge in [-0.05, 0) is 42.5 Å². The third-order valence-electron chi connectivity index (χ3n) is 3.39. The van der Waals surface area contributed by atoms with E-state index in [0.717, 1.165) is 23.4 Å². The molecule has 114 valence electrons. The maximum Gasteiger partial charge on any atom is 0.226 e. The van der Waals surface area contributed by atoms with Crippen molar-refractivity contribution >= 4 is 11.6 Å². The van der Waals surface area contributed by atoms with Crippen LogP contribution in [0.3, 0.4) is 0 Å². The van der Waals surface area contributed by atoms with Gasteiger partial charge < -0.3 is 10.3 Å². The van der Waals surface area contributed by atoms with Gasteiger partial charge in [-0.15, -0.1) is 0 Å². The Labute approximate surface area is 130 Å². The van der Waals surface area contributed by atoms with Crippen LogP contribution in [0.15, 0.2) is 28.8 Å². The largest absolute Gasteiger partial charge is 0.339 e. The molecular weight excluding hydrogens is 286 g/mol. The van der Waals surface area contributed by atoms with Crippen molar-refractivity contribution in [1.82, 2.24) is 10.1 Å². The zero-order valence-corrected chi connectivity index (χ0v) is 13.3. The van der Waals surface area contributed by atoms with Gasteiger partial charge in [-0.2, -0.15) is 4.98 Å². The monoisotopic (exact) mass is 307 g/mol. The van der Waals surface area contributed by atoms with Crippen LogP contribution in [0.1, 0.15) is 37.5 Å². The molecule has 0 spiro atoms. The summed E-state index contributed by atoms with van der Waals surface area (Å²) in [6, 6.07) is 7.68.